The molecule has 0 aromatic carbocycles. The largest absolute Gasteiger partial charge is 0.337 e. The number of alkyl halides is 2. The fourth-order valence-corrected chi connectivity index (χ4v) is 2.71. The summed E-state index contributed by atoms with van der Waals surface area (Å²) < 4.78 is 26.7. The lowest BCUT2D eigenvalue weighted by molar-refractivity contribution is 0.0975. The Hall–Kier alpha value is -0.720. The lowest BCUT2D eigenvalue weighted by Gasteiger charge is -2.15. The van der Waals surface area contributed by atoms with E-state index in [4.69, 9.17) is 5.73 Å². The zero-order chi connectivity index (χ0) is 14.7. The van der Waals surface area contributed by atoms with Gasteiger partial charge in [-0.05, 0) is 24.8 Å². The lowest BCUT2D eigenvalue weighted by Crippen LogP contribution is -2.27. The van der Waals surface area contributed by atoms with Crippen LogP contribution in [0.4, 0.5) is 8.78 Å². The normalized spacial score (nSPS) is 21.0. The highest BCUT2D eigenvalue weighted by Crippen LogP contribution is 2.21. The molecule has 4 nitrogen and oxygen atoms in total. The Balaban J connectivity index is 0.00000220. The Morgan fingerprint density at radius 1 is 1.43 bits per heavy atom. The lowest BCUT2D eigenvalue weighted by atomic mass is 10.0. The van der Waals surface area contributed by atoms with Crippen molar-refractivity contribution in [3.05, 3.63) is 18.2 Å². The van der Waals surface area contributed by atoms with E-state index in [0.29, 0.717) is 11.8 Å². The van der Waals surface area contributed by atoms with Crippen molar-refractivity contribution in [2.75, 3.05) is 19.6 Å². The van der Waals surface area contributed by atoms with Crippen molar-refractivity contribution < 1.29 is 8.78 Å². The first-order valence-corrected chi connectivity index (χ1v) is 7.23. The van der Waals surface area contributed by atoms with Gasteiger partial charge >= 0.3 is 0 Å². The number of nitrogens with two attached hydrogens (primary N) is 1. The Morgan fingerprint density at radius 2 is 2.14 bits per heavy atom. The summed E-state index contributed by atoms with van der Waals surface area (Å²) in [6.45, 7) is 6.38. The van der Waals surface area contributed by atoms with Gasteiger partial charge in [-0.2, -0.15) is 0 Å². The van der Waals surface area contributed by atoms with Crippen molar-refractivity contribution in [1.29, 1.82) is 0 Å². The summed E-state index contributed by atoms with van der Waals surface area (Å²) in [5.41, 5.74) is 6.97. The Bertz CT molecular complexity index is 425. The molecule has 1 aliphatic heterocycles. The molecule has 0 radical (unpaired) electrons. The van der Waals surface area contributed by atoms with Crippen molar-refractivity contribution in [1.82, 2.24) is 14.5 Å². The molecule has 0 aliphatic carbocycles. The van der Waals surface area contributed by atoms with Gasteiger partial charge in [0, 0.05) is 19.3 Å². The molecule has 0 amide bonds. The summed E-state index contributed by atoms with van der Waals surface area (Å²) in [7, 11) is 0. The molecule has 0 spiro atoms. The molecule has 21 heavy (non-hydrogen) atoms. The SMILES string of the molecule is CC(C)[C@H](N)c1cn(C[C@@H]2CCN(CC(F)F)C2)cn1.Cl. The van der Waals surface area contributed by atoms with Gasteiger partial charge in [0.05, 0.1) is 24.6 Å². The van der Waals surface area contributed by atoms with Gasteiger partial charge in [0.2, 0.25) is 0 Å². The van der Waals surface area contributed by atoms with Gasteiger partial charge in [0.15, 0.2) is 0 Å². The zero-order valence-electron chi connectivity index (χ0n) is 12.6. The Labute approximate surface area is 131 Å². The molecule has 2 heterocycles. The van der Waals surface area contributed by atoms with Gasteiger partial charge in [-0.25, -0.2) is 13.8 Å². The van der Waals surface area contributed by atoms with E-state index in [2.05, 4.69) is 18.8 Å². The Kier molecular flexibility index (Phi) is 7.03. The van der Waals surface area contributed by atoms with Gasteiger partial charge in [-0.15, -0.1) is 12.4 Å². The number of hydrogen-bond donors (Lipinski definition) is 1. The molecule has 1 aromatic rings. The molecule has 2 atom stereocenters. The fraction of sp³-hybridized carbons (Fsp3) is 0.786. The third-order valence-corrected chi connectivity index (χ3v) is 3.95. The zero-order valence-corrected chi connectivity index (χ0v) is 13.4. The molecule has 1 saturated heterocycles. The second kappa shape index (κ2) is 8.06. The quantitative estimate of drug-likeness (QED) is 0.875. The molecule has 122 valence electrons. The summed E-state index contributed by atoms with van der Waals surface area (Å²) in [5.74, 6) is 0.775. The first-order valence-electron chi connectivity index (χ1n) is 7.23. The van der Waals surface area contributed by atoms with E-state index >= 15 is 0 Å². The van der Waals surface area contributed by atoms with Crippen molar-refractivity contribution in [3.8, 4) is 0 Å². The van der Waals surface area contributed by atoms with Gasteiger partial charge in [0.25, 0.3) is 6.43 Å². The van der Waals surface area contributed by atoms with Crippen molar-refractivity contribution in [2.24, 2.45) is 17.6 Å². The molecule has 2 N–H and O–H groups in total. The van der Waals surface area contributed by atoms with Gasteiger partial charge in [0.1, 0.15) is 0 Å². The fourth-order valence-electron chi connectivity index (χ4n) is 2.71. The van der Waals surface area contributed by atoms with E-state index in [-0.39, 0.29) is 25.0 Å². The van der Waals surface area contributed by atoms with Crippen LogP contribution in [0.25, 0.3) is 0 Å². The smallest absolute Gasteiger partial charge is 0.251 e. The average molecular weight is 323 g/mol. The minimum absolute atomic E-state index is 0. The number of likely N-dealkylation sites (tertiary alicyclic amines) is 1. The number of aromatic nitrogens is 2. The molecular formula is C14H25ClF2N4. The maximum atomic E-state index is 12.3. The minimum atomic E-state index is -2.24. The molecule has 2 rings (SSSR count). The summed E-state index contributed by atoms with van der Waals surface area (Å²) in [6, 6.07) is -0.0461. The first kappa shape index (κ1) is 18.3. The van der Waals surface area contributed by atoms with Crippen LogP contribution in [0.1, 0.15) is 32.0 Å². The van der Waals surface area contributed by atoms with Crippen LogP contribution in [0.5, 0.6) is 0 Å². The predicted octanol–water partition coefficient (Wildman–Crippen LogP) is 2.55. The maximum Gasteiger partial charge on any atom is 0.251 e. The summed E-state index contributed by atoms with van der Waals surface area (Å²) in [4.78, 5) is 6.19. The monoisotopic (exact) mass is 322 g/mol. The van der Waals surface area contributed by atoms with Crippen LogP contribution in [-0.4, -0.2) is 40.5 Å². The van der Waals surface area contributed by atoms with E-state index in [1.165, 1.54) is 0 Å². The molecule has 1 aromatic heterocycles. The summed E-state index contributed by atoms with van der Waals surface area (Å²) >= 11 is 0. The van der Waals surface area contributed by atoms with E-state index in [0.717, 1.165) is 31.7 Å². The van der Waals surface area contributed by atoms with Crippen LogP contribution < -0.4 is 5.73 Å². The Morgan fingerprint density at radius 3 is 2.76 bits per heavy atom. The van der Waals surface area contributed by atoms with Crippen LogP contribution in [-0.2, 0) is 6.54 Å². The number of imidazole rings is 1. The number of rotatable bonds is 6. The van der Waals surface area contributed by atoms with Crippen molar-refractivity contribution in [3.63, 3.8) is 0 Å². The highest BCUT2D eigenvalue weighted by molar-refractivity contribution is 5.85. The number of nitrogens with zero attached hydrogens (tertiary/aromatic N) is 3. The van der Waals surface area contributed by atoms with E-state index in [1.807, 2.05) is 15.7 Å². The third kappa shape index (κ3) is 5.20. The predicted molar refractivity (Wildman–Crippen MR) is 81.8 cm³/mol. The van der Waals surface area contributed by atoms with Crippen LogP contribution in [0.2, 0.25) is 0 Å². The van der Waals surface area contributed by atoms with Crippen LogP contribution in [0.15, 0.2) is 12.5 Å². The number of hydrogen-bond acceptors (Lipinski definition) is 3. The average Bonchev–Trinajstić information content (AvgIpc) is 2.98. The molecular weight excluding hydrogens is 298 g/mol. The summed E-state index contributed by atoms with van der Waals surface area (Å²) in [5, 5.41) is 0. The number of halogens is 3. The van der Waals surface area contributed by atoms with Crippen molar-refractivity contribution in [2.45, 2.75) is 39.3 Å². The molecule has 0 bridgehead atoms. The third-order valence-electron chi connectivity index (χ3n) is 3.95. The molecule has 1 fully saturated rings. The van der Waals surface area contributed by atoms with Gasteiger partial charge < -0.3 is 10.3 Å². The molecule has 0 unspecified atom stereocenters. The molecule has 0 saturated carbocycles. The summed E-state index contributed by atoms with van der Waals surface area (Å²) in [6.07, 6.45) is 2.52. The topological polar surface area (TPSA) is 47.1 Å². The second-order valence-corrected chi connectivity index (χ2v) is 6.07. The highest BCUT2D eigenvalue weighted by Gasteiger charge is 2.25. The maximum absolute atomic E-state index is 12.3. The minimum Gasteiger partial charge on any atom is -0.337 e. The van der Waals surface area contributed by atoms with E-state index < -0.39 is 6.43 Å². The van der Waals surface area contributed by atoms with Crippen LogP contribution in [0.3, 0.4) is 0 Å². The standard InChI is InChI=1S/C14H24F2N4.ClH/c1-10(2)14(17)12-7-20(9-18-12)6-11-3-4-19(5-11)8-13(15)16;/h7,9-11,13-14H,3-6,8,17H2,1-2H3;1H/t11-,14+;/m1./s1. The molecule has 7 heteroatoms. The highest BCUT2D eigenvalue weighted by atomic mass is 35.5. The molecule has 1 aliphatic rings. The van der Waals surface area contributed by atoms with Gasteiger partial charge in [-0.3, -0.25) is 4.90 Å². The van der Waals surface area contributed by atoms with Crippen LogP contribution >= 0.6 is 12.4 Å². The van der Waals surface area contributed by atoms with Crippen LogP contribution in [0, 0.1) is 11.8 Å². The van der Waals surface area contributed by atoms with Gasteiger partial charge in [-0.1, -0.05) is 13.8 Å². The van der Waals surface area contributed by atoms with E-state index in [9.17, 15) is 8.78 Å². The second-order valence-electron chi connectivity index (χ2n) is 6.07. The van der Waals surface area contributed by atoms with Crippen molar-refractivity contribution >= 4 is 12.4 Å². The first-order chi connectivity index (χ1) is 9.45. The van der Waals surface area contributed by atoms with E-state index in [1.54, 1.807) is 6.33 Å².